The summed E-state index contributed by atoms with van der Waals surface area (Å²) in [5.41, 5.74) is 6.34. The smallest absolute Gasteiger partial charge is 0.246 e. The highest BCUT2D eigenvalue weighted by atomic mass is 19.2. The van der Waals surface area contributed by atoms with Crippen molar-refractivity contribution < 1.29 is 36.3 Å². The van der Waals surface area contributed by atoms with Crippen LogP contribution in [0.5, 0.6) is 11.5 Å². The number of amides is 1. The Kier molecular flexibility index (Phi) is 7.15. The topological polar surface area (TPSA) is 116 Å². The molecule has 1 saturated heterocycles. The van der Waals surface area contributed by atoms with E-state index in [9.17, 15) is 27.2 Å². The monoisotopic (exact) mass is 558 g/mol. The van der Waals surface area contributed by atoms with E-state index in [1.165, 1.54) is 17.1 Å². The molecule has 40 heavy (non-hydrogen) atoms. The first-order valence-corrected chi connectivity index (χ1v) is 11.9. The zero-order valence-corrected chi connectivity index (χ0v) is 20.5. The molecule has 2 N–H and O–H groups in total. The van der Waals surface area contributed by atoms with Gasteiger partial charge in [-0.15, -0.1) is 0 Å². The van der Waals surface area contributed by atoms with Crippen molar-refractivity contribution in [2.75, 3.05) is 18.8 Å². The summed E-state index contributed by atoms with van der Waals surface area (Å²) in [6, 6.07) is 2.74. The Morgan fingerprint density at radius 1 is 1.05 bits per heavy atom. The Bertz CT molecular complexity index is 1650. The first kappa shape index (κ1) is 26.7. The molecular weight excluding hydrogens is 539 g/mol. The summed E-state index contributed by atoms with van der Waals surface area (Å²) in [5.74, 6) is -10.0. The zero-order valence-electron chi connectivity index (χ0n) is 20.5. The van der Waals surface area contributed by atoms with Gasteiger partial charge in [0, 0.05) is 36.9 Å². The quantitative estimate of drug-likeness (QED) is 0.161. The number of nitrogens with two attached hydrogens (primary N) is 1. The molecule has 1 aliphatic rings. The first-order valence-electron chi connectivity index (χ1n) is 11.9. The minimum atomic E-state index is -1.78. The fraction of sp³-hybridized carbons (Fsp3) is 0.192. The van der Waals surface area contributed by atoms with E-state index < -0.39 is 40.6 Å². The first-order chi connectivity index (χ1) is 19.2. The molecule has 1 atom stereocenters. The number of hydrogen-bond acceptors (Lipinski definition) is 7. The number of likely N-dealkylation sites (tertiary alicyclic amines) is 1. The molecule has 0 saturated carbocycles. The number of halogens is 5. The number of aromatic nitrogens is 4. The average Bonchev–Trinajstić information content (AvgIpc) is 3.34. The Hall–Kier alpha value is -4.88. The van der Waals surface area contributed by atoms with E-state index in [-0.39, 0.29) is 52.7 Å². The van der Waals surface area contributed by atoms with Crippen LogP contribution in [-0.2, 0) is 9.59 Å². The molecule has 0 spiro atoms. The van der Waals surface area contributed by atoms with Crippen LogP contribution in [0.1, 0.15) is 18.9 Å². The number of anilines is 1. The van der Waals surface area contributed by atoms with Gasteiger partial charge in [-0.2, -0.15) is 13.9 Å². The maximum Gasteiger partial charge on any atom is 0.246 e. The average molecular weight is 558 g/mol. The summed E-state index contributed by atoms with van der Waals surface area (Å²) in [6.45, 7) is 0.701. The van der Waals surface area contributed by atoms with Crippen LogP contribution in [0, 0.1) is 29.1 Å². The molecule has 14 heteroatoms. The number of rotatable bonds is 6. The third-order valence-electron chi connectivity index (χ3n) is 6.38. The van der Waals surface area contributed by atoms with Crippen LogP contribution in [-0.4, -0.2) is 49.9 Å². The Balaban J connectivity index is 1.52. The molecular formula is C26H19F5N6O3. The van der Waals surface area contributed by atoms with Gasteiger partial charge < -0.3 is 15.4 Å². The van der Waals surface area contributed by atoms with Crippen LogP contribution in [0.4, 0.5) is 27.8 Å². The lowest BCUT2D eigenvalue weighted by Crippen LogP contribution is -2.40. The van der Waals surface area contributed by atoms with Gasteiger partial charge in [0.05, 0.1) is 11.4 Å². The van der Waals surface area contributed by atoms with E-state index >= 15 is 4.39 Å². The standard InChI is InChI=1S/C26H19F5N6O3/c27-16-9-14(40-24-21(30)17(28)10-18(29)22(24)31)5-6-15(16)23-20-25(32)33-12-34-26(20)37(35-23)13-3-1-7-36(11-13)19(39)4-2-8-38/h2,4-6,8-10,12-13H,1,3,7,11H2,(H2,32,33,34)/b4-2+. The van der Waals surface area contributed by atoms with Crippen LogP contribution < -0.4 is 10.5 Å². The van der Waals surface area contributed by atoms with E-state index in [1.54, 1.807) is 4.90 Å². The number of piperidine rings is 1. The highest BCUT2D eigenvalue weighted by Crippen LogP contribution is 2.37. The molecule has 1 fully saturated rings. The number of benzene rings is 2. The van der Waals surface area contributed by atoms with Crippen LogP contribution in [0.2, 0.25) is 0 Å². The molecule has 0 radical (unpaired) electrons. The second kappa shape index (κ2) is 10.7. The number of nitrogen functional groups attached to an aromatic ring is 1. The molecule has 206 valence electrons. The fourth-order valence-corrected chi connectivity index (χ4v) is 4.53. The summed E-state index contributed by atoms with van der Waals surface area (Å²) in [6.07, 6.45) is 5.21. The van der Waals surface area contributed by atoms with Gasteiger partial charge in [0.2, 0.25) is 23.3 Å². The second-order valence-electron chi connectivity index (χ2n) is 8.87. The number of nitrogens with zero attached hydrogens (tertiary/aromatic N) is 5. The largest absolute Gasteiger partial charge is 0.451 e. The van der Waals surface area contributed by atoms with E-state index in [1.807, 2.05) is 0 Å². The number of allylic oxidation sites excluding steroid dienone is 1. The van der Waals surface area contributed by atoms with Crippen molar-refractivity contribution in [1.82, 2.24) is 24.6 Å². The fourth-order valence-electron chi connectivity index (χ4n) is 4.53. The molecule has 2 aromatic heterocycles. The number of fused-ring (bicyclic) bond motifs is 1. The van der Waals surface area contributed by atoms with Crippen molar-refractivity contribution in [2.45, 2.75) is 18.9 Å². The molecule has 4 aromatic rings. The zero-order chi connectivity index (χ0) is 28.6. The van der Waals surface area contributed by atoms with Crippen molar-refractivity contribution >= 4 is 29.0 Å². The second-order valence-corrected chi connectivity index (χ2v) is 8.87. The number of aldehydes is 1. The predicted molar refractivity (Wildman–Crippen MR) is 132 cm³/mol. The molecule has 3 heterocycles. The Morgan fingerprint density at radius 3 is 2.50 bits per heavy atom. The summed E-state index contributed by atoms with van der Waals surface area (Å²) in [5, 5.41) is 4.77. The lowest BCUT2D eigenvalue weighted by atomic mass is 10.1. The summed E-state index contributed by atoms with van der Waals surface area (Å²) >= 11 is 0. The van der Waals surface area contributed by atoms with Crippen molar-refractivity contribution in [2.24, 2.45) is 0 Å². The molecule has 5 rings (SSSR count). The number of ether oxygens (including phenoxy) is 1. The molecule has 0 bridgehead atoms. The van der Waals surface area contributed by atoms with Gasteiger partial charge in [-0.1, -0.05) is 0 Å². The number of hydrogen-bond donors (Lipinski definition) is 1. The van der Waals surface area contributed by atoms with Gasteiger partial charge in [-0.05, 0) is 31.1 Å². The lowest BCUT2D eigenvalue weighted by Gasteiger charge is -2.32. The SMILES string of the molecule is Nc1ncnc2c1c(-c1ccc(Oc3c(F)c(F)cc(F)c3F)cc1F)nn2C1CCCN(C(=O)/C=C/C=O)C1. The van der Waals surface area contributed by atoms with Gasteiger partial charge in [0.15, 0.2) is 17.3 Å². The van der Waals surface area contributed by atoms with Crippen LogP contribution in [0.3, 0.4) is 0 Å². The van der Waals surface area contributed by atoms with Crippen molar-refractivity contribution in [3.8, 4) is 22.8 Å². The van der Waals surface area contributed by atoms with Gasteiger partial charge in [-0.3, -0.25) is 9.59 Å². The van der Waals surface area contributed by atoms with Crippen LogP contribution in [0.15, 0.2) is 42.7 Å². The maximum atomic E-state index is 15.4. The lowest BCUT2D eigenvalue weighted by molar-refractivity contribution is -0.127. The van der Waals surface area contributed by atoms with E-state index in [2.05, 4.69) is 15.1 Å². The van der Waals surface area contributed by atoms with Crippen molar-refractivity contribution in [3.05, 3.63) is 71.8 Å². The molecule has 9 nitrogen and oxygen atoms in total. The van der Waals surface area contributed by atoms with Crippen molar-refractivity contribution in [1.29, 1.82) is 0 Å². The summed E-state index contributed by atoms with van der Waals surface area (Å²) < 4.78 is 77.0. The highest BCUT2D eigenvalue weighted by Gasteiger charge is 2.29. The Morgan fingerprint density at radius 2 is 1.80 bits per heavy atom. The summed E-state index contributed by atoms with van der Waals surface area (Å²) in [7, 11) is 0. The van der Waals surface area contributed by atoms with E-state index in [0.29, 0.717) is 25.7 Å². The third kappa shape index (κ3) is 4.83. The summed E-state index contributed by atoms with van der Waals surface area (Å²) in [4.78, 5) is 32.8. The van der Waals surface area contributed by atoms with Crippen LogP contribution >= 0.6 is 0 Å². The number of carbonyl (C=O) groups is 2. The molecule has 1 aliphatic heterocycles. The van der Waals surface area contributed by atoms with Crippen molar-refractivity contribution in [3.63, 3.8) is 0 Å². The van der Waals surface area contributed by atoms with Gasteiger partial charge in [0.25, 0.3) is 0 Å². The Labute approximate surface area is 222 Å². The molecule has 1 unspecified atom stereocenters. The predicted octanol–water partition coefficient (Wildman–Crippen LogP) is 4.48. The molecule has 0 aliphatic carbocycles. The minimum absolute atomic E-state index is 0.00279. The molecule has 1 amide bonds. The normalized spacial score (nSPS) is 15.6. The van der Waals surface area contributed by atoms with Gasteiger partial charge >= 0.3 is 0 Å². The molecule has 2 aromatic carbocycles. The van der Waals surface area contributed by atoms with Gasteiger partial charge in [0.1, 0.15) is 35.7 Å². The van der Waals surface area contributed by atoms with Crippen LogP contribution in [0.25, 0.3) is 22.3 Å². The van der Waals surface area contributed by atoms with Gasteiger partial charge in [-0.25, -0.2) is 27.8 Å². The van der Waals surface area contributed by atoms with E-state index in [0.717, 1.165) is 24.3 Å². The number of carbonyl (C=O) groups excluding carboxylic acids is 2. The minimum Gasteiger partial charge on any atom is -0.451 e. The van der Waals surface area contributed by atoms with E-state index in [4.69, 9.17) is 10.5 Å². The third-order valence-corrected chi connectivity index (χ3v) is 6.38. The highest BCUT2D eigenvalue weighted by molar-refractivity contribution is 5.98. The maximum absolute atomic E-state index is 15.4.